The maximum atomic E-state index is 10.8. The average molecular weight is 228 g/mol. The largest absolute Gasteiger partial charge is 0.480 e. The first-order valence-electron chi connectivity index (χ1n) is 4.68. The second-order valence-corrected chi connectivity index (χ2v) is 4.01. The molecule has 0 saturated heterocycles. The first-order chi connectivity index (χ1) is 6.95. The van der Waals surface area contributed by atoms with Gasteiger partial charge in [-0.25, -0.2) is 0 Å². The van der Waals surface area contributed by atoms with Crippen molar-refractivity contribution in [1.82, 2.24) is 0 Å². The second kappa shape index (κ2) is 4.64. The van der Waals surface area contributed by atoms with Crippen molar-refractivity contribution in [2.45, 2.75) is 25.8 Å². The van der Waals surface area contributed by atoms with Crippen LogP contribution in [-0.2, 0) is 4.79 Å². The van der Waals surface area contributed by atoms with E-state index in [2.05, 4.69) is 0 Å². The third kappa shape index (κ3) is 2.49. The van der Waals surface area contributed by atoms with Gasteiger partial charge in [-0.05, 0) is 24.1 Å². The molecule has 0 fully saturated rings. The highest BCUT2D eigenvalue weighted by molar-refractivity contribution is 6.31. The molecule has 0 aliphatic heterocycles. The lowest BCUT2D eigenvalue weighted by Gasteiger charge is -2.18. The lowest BCUT2D eigenvalue weighted by atomic mass is 9.90. The minimum atomic E-state index is -0.998. The van der Waals surface area contributed by atoms with Crippen LogP contribution in [0.2, 0.25) is 5.02 Å². The van der Waals surface area contributed by atoms with Gasteiger partial charge < -0.3 is 10.8 Å². The van der Waals surface area contributed by atoms with E-state index in [1.165, 1.54) is 0 Å². The van der Waals surface area contributed by atoms with E-state index in [-0.39, 0.29) is 5.92 Å². The Labute approximate surface area is 93.9 Å². The zero-order chi connectivity index (χ0) is 11.6. The van der Waals surface area contributed by atoms with Crippen LogP contribution in [0.4, 0.5) is 0 Å². The van der Waals surface area contributed by atoms with Gasteiger partial charge >= 0.3 is 5.97 Å². The summed E-state index contributed by atoms with van der Waals surface area (Å²) in [5.41, 5.74) is 7.35. The van der Waals surface area contributed by atoms with Crippen molar-refractivity contribution in [1.29, 1.82) is 0 Å². The molecule has 0 aliphatic carbocycles. The Morgan fingerprint density at radius 1 is 1.53 bits per heavy atom. The SMILES string of the molecule is Cc1c(Cl)cccc1C(C)C(N)C(=O)O. The Balaban J connectivity index is 3.06. The zero-order valence-corrected chi connectivity index (χ0v) is 9.45. The van der Waals surface area contributed by atoms with E-state index >= 15 is 0 Å². The maximum absolute atomic E-state index is 10.8. The summed E-state index contributed by atoms with van der Waals surface area (Å²) in [4.78, 5) is 10.8. The molecule has 0 bridgehead atoms. The quantitative estimate of drug-likeness (QED) is 0.832. The third-order valence-corrected chi connectivity index (χ3v) is 3.03. The van der Waals surface area contributed by atoms with Gasteiger partial charge in [-0.1, -0.05) is 30.7 Å². The Hall–Kier alpha value is -1.06. The standard InChI is InChI=1S/C11H14ClNO2/c1-6-8(4-3-5-9(6)12)7(2)10(13)11(14)15/h3-5,7,10H,13H2,1-2H3,(H,14,15). The summed E-state index contributed by atoms with van der Waals surface area (Å²) in [5, 5.41) is 9.45. The van der Waals surface area contributed by atoms with Crippen LogP contribution in [0.5, 0.6) is 0 Å². The Morgan fingerprint density at radius 3 is 2.67 bits per heavy atom. The molecule has 0 spiro atoms. The predicted molar refractivity (Wildman–Crippen MR) is 60.2 cm³/mol. The molecule has 3 N–H and O–H groups in total. The highest BCUT2D eigenvalue weighted by Gasteiger charge is 2.23. The second-order valence-electron chi connectivity index (χ2n) is 3.61. The summed E-state index contributed by atoms with van der Waals surface area (Å²) in [5.74, 6) is -1.25. The van der Waals surface area contributed by atoms with E-state index in [0.717, 1.165) is 11.1 Å². The Kier molecular flexibility index (Phi) is 3.72. The van der Waals surface area contributed by atoms with E-state index in [4.69, 9.17) is 22.4 Å². The highest BCUT2D eigenvalue weighted by Crippen LogP contribution is 2.26. The summed E-state index contributed by atoms with van der Waals surface area (Å²) in [7, 11) is 0. The number of aliphatic carboxylic acids is 1. The molecule has 0 aromatic heterocycles. The van der Waals surface area contributed by atoms with Crippen LogP contribution < -0.4 is 5.73 Å². The summed E-state index contributed by atoms with van der Waals surface area (Å²) >= 11 is 5.95. The van der Waals surface area contributed by atoms with Crippen molar-refractivity contribution in [2.75, 3.05) is 0 Å². The molecule has 15 heavy (non-hydrogen) atoms. The van der Waals surface area contributed by atoms with E-state index in [9.17, 15) is 4.79 Å². The molecule has 2 unspecified atom stereocenters. The molecule has 0 amide bonds. The smallest absolute Gasteiger partial charge is 0.321 e. The minimum Gasteiger partial charge on any atom is -0.480 e. The molecule has 4 heteroatoms. The van der Waals surface area contributed by atoms with E-state index < -0.39 is 12.0 Å². The van der Waals surface area contributed by atoms with Crippen molar-refractivity contribution in [3.05, 3.63) is 34.3 Å². The molecule has 1 aromatic carbocycles. The number of carbonyl (C=O) groups is 1. The van der Waals surface area contributed by atoms with E-state index in [1.807, 2.05) is 13.0 Å². The molecule has 0 aliphatic rings. The molecule has 2 atom stereocenters. The van der Waals surface area contributed by atoms with Crippen LogP contribution in [0.15, 0.2) is 18.2 Å². The molecule has 0 saturated carbocycles. The van der Waals surface area contributed by atoms with Gasteiger partial charge in [-0.15, -0.1) is 0 Å². The predicted octanol–water partition coefficient (Wildman–Crippen LogP) is 2.16. The highest BCUT2D eigenvalue weighted by atomic mass is 35.5. The molecular formula is C11H14ClNO2. The summed E-state index contributed by atoms with van der Waals surface area (Å²) in [6, 6.07) is 4.53. The molecule has 0 heterocycles. The molecule has 82 valence electrons. The van der Waals surface area contributed by atoms with Crippen molar-refractivity contribution in [3.63, 3.8) is 0 Å². The zero-order valence-electron chi connectivity index (χ0n) is 8.70. The number of carboxylic acids is 1. The van der Waals surface area contributed by atoms with Crippen LogP contribution in [0.25, 0.3) is 0 Å². The number of rotatable bonds is 3. The van der Waals surface area contributed by atoms with Gasteiger partial charge in [0, 0.05) is 10.9 Å². The van der Waals surface area contributed by atoms with E-state index in [1.54, 1.807) is 19.1 Å². The fourth-order valence-electron chi connectivity index (χ4n) is 1.52. The van der Waals surface area contributed by atoms with Crippen LogP contribution in [0.3, 0.4) is 0 Å². The number of halogens is 1. The fraction of sp³-hybridized carbons (Fsp3) is 0.364. The van der Waals surface area contributed by atoms with Gasteiger partial charge in [0.2, 0.25) is 0 Å². The Bertz CT molecular complexity index is 379. The van der Waals surface area contributed by atoms with Crippen molar-refractivity contribution >= 4 is 17.6 Å². The lowest BCUT2D eigenvalue weighted by Crippen LogP contribution is -2.35. The van der Waals surface area contributed by atoms with Crippen LogP contribution in [-0.4, -0.2) is 17.1 Å². The van der Waals surface area contributed by atoms with Gasteiger partial charge in [0.15, 0.2) is 0 Å². The average Bonchev–Trinajstić information content (AvgIpc) is 2.20. The van der Waals surface area contributed by atoms with Gasteiger partial charge in [0.25, 0.3) is 0 Å². The topological polar surface area (TPSA) is 63.3 Å². The maximum Gasteiger partial charge on any atom is 0.321 e. The molecule has 1 rings (SSSR count). The van der Waals surface area contributed by atoms with Crippen molar-refractivity contribution < 1.29 is 9.90 Å². The lowest BCUT2D eigenvalue weighted by molar-refractivity contribution is -0.139. The molecule has 0 radical (unpaired) electrons. The minimum absolute atomic E-state index is 0.249. The van der Waals surface area contributed by atoms with Crippen LogP contribution in [0.1, 0.15) is 24.0 Å². The van der Waals surface area contributed by atoms with Gasteiger partial charge in [0.1, 0.15) is 6.04 Å². The summed E-state index contributed by atoms with van der Waals surface area (Å²) < 4.78 is 0. The number of nitrogens with two attached hydrogens (primary N) is 1. The van der Waals surface area contributed by atoms with Gasteiger partial charge in [-0.3, -0.25) is 4.79 Å². The van der Waals surface area contributed by atoms with E-state index in [0.29, 0.717) is 5.02 Å². The number of benzene rings is 1. The van der Waals surface area contributed by atoms with Crippen LogP contribution in [0, 0.1) is 6.92 Å². The molecular weight excluding hydrogens is 214 g/mol. The number of hydrogen-bond acceptors (Lipinski definition) is 2. The number of carboxylic acid groups (broad SMARTS) is 1. The molecule has 1 aromatic rings. The number of hydrogen-bond donors (Lipinski definition) is 2. The summed E-state index contributed by atoms with van der Waals surface area (Å²) in [6.45, 7) is 3.65. The normalized spacial score (nSPS) is 14.7. The van der Waals surface area contributed by atoms with Crippen LogP contribution >= 0.6 is 11.6 Å². The fourth-order valence-corrected chi connectivity index (χ4v) is 1.71. The van der Waals surface area contributed by atoms with Crippen molar-refractivity contribution in [2.24, 2.45) is 5.73 Å². The van der Waals surface area contributed by atoms with Gasteiger partial charge in [-0.2, -0.15) is 0 Å². The first-order valence-corrected chi connectivity index (χ1v) is 5.06. The first kappa shape index (κ1) is 12.0. The van der Waals surface area contributed by atoms with Crippen molar-refractivity contribution in [3.8, 4) is 0 Å². The molecule has 3 nitrogen and oxygen atoms in total. The monoisotopic (exact) mass is 227 g/mol. The third-order valence-electron chi connectivity index (χ3n) is 2.62. The Morgan fingerprint density at radius 2 is 2.13 bits per heavy atom. The summed E-state index contributed by atoms with van der Waals surface area (Å²) in [6.07, 6.45) is 0. The van der Waals surface area contributed by atoms with Gasteiger partial charge in [0.05, 0.1) is 0 Å².